The summed E-state index contributed by atoms with van der Waals surface area (Å²) >= 11 is 2.42. The van der Waals surface area contributed by atoms with E-state index in [9.17, 15) is 18.0 Å². The second-order valence-corrected chi connectivity index (χ2v) is 7.46. The quantitative estimate of drug-likeness (QED) is 0.328. The third-order valence-electron chi connectivity index (χ3n) is 3.44. The summed E-state index contributed by atoms with van der Waals surface area (Å²) in [6, 6.07) is 13.5. The van der Waals surface area contributed by atoms with E-state index < -0.39 is 17.6 Å². The van der Waals surface area contributed by atoms with E-state index >= 15 is 0 Å². The van der Waals surface area contributed by atoms with E-state index in [0.29, 0.717) is 9.90 Å². The van der Waals surface area contributed by atoms with Crippen LogP contribution in [0.25, 0.3) is 0 Å². The van der Waals surface area contributed by atoms with Crippen molar-refractivity contribution in [2.24, 2.45) is 5.10 Å². The van der Waals surface area contributed by atoms with Gasteiger partial charge in [0.1, 0.15) is 5.51 Å². The molecule has 0 spiro atoms. The summed E-state index contributed by atoms with van der Waals surface area (Å²) < 4.78 is 39.8. The predicted molar refractivity (Wildman–Crippen MR) is 104 cm³/mol. The van der Waals surface area contributed by atoms with Gasteiger partial charge in [-0.1, -0.05) is 59.5 Å². The Morgan fingerprint density at radius 3 is 2.64 bits per heavy atom. The Labute approximate surface area is 166 Å². The monoisotopic (exact) mass is 422 g/mol. The maximum Gasteiger partial charge on any atom is 0.416 e. The lowest BCUT2D eigenvalue weighted by molar-refractivity contribution is -0.137. The van der Waals surface area contributed by atoms with Crippen molar-refractivity contribution in [2.45, 2.75) is 10.5 Å². The third-order valence-corrected chi connectivity index (χ3v) is 5.28. The highest BCUT2D eigenvalue weighted by molar-refractivity contribution is 8.01. The van der Waals surface area contributed by atoms with Gasteiger partial charge in [-0.15, -0.1) is 10.2 Å². The van der Waals surface area contributed by atoms with Crippen LogP contribution in [0, 0.1) is 0 Å². The summed E-state index contributed by atoms with van der Waals surface area (Å²) in [6.45, 7) is 0. The zero-order chi connectivity index (χ0) is 20.0. The van der Waals surface area contributed by atoms with Gasteiger partial charge in [-0.25, -0.2) is 5.01 Å². The van der Waals surface area contributed by atoms with Gasteiger partial charge in [0, 0.05) is 0 Å². The first kappa shape index (κ1) is 20.0. The number of halogens is 3. The number of aromatic nitrogens is 2. The zero-order valence-electron chi connectivity index (χ0n) is 14.2. The molecule has 1 heterocycles. The molecule has 2 aromatic carbocycles. The number of thioether (sulfide) groups is 1. The van der Waals surface area contributed by atoms with Crippen LogP contribution in [0.4, 0.5) is 18.9 Å². The molecule has 0 radical (unpaired) electrons. The molecular formula is C18H13F3N4OS2. The summed E-state index contributed by atoms with van der Waals surface area (Å²) in [6.07, 6.45) is -3.09. The van der Waals surface area contributed by atoms with Gasteiger partial charge in [-0.3, -0.25) is 4.79 Å². The molecule has 0 aliphatic heterocycles. The molecule has 0 aliphatic carbocycles. The van der Waals surface area contributed by atoms with Crippen molar-refractivity contribution in [3.05, 3.63) is 71.2 Å². The number of alkyl halides is 3. The summed E-state index contributed by atoms with van der Waals surface area (Å²) in [7, 11) is 0. The molecule has 1 aromatic heterocycles. The molecule has 5 nitrogen and oxygen atoms in total. The number of carbonyl (C=O) groups is 1. The molecule has 28 heavy (non-hydrogen) atoms. The molecular weight excluding hydrogens is 409 g/mol. The van der Waals surface area contributed by atoms with E-state index in [4.69, 9.17) is 0 Å². The number of carbonyl (C=O) groups excluding carboxylic acids is 1. The molecule has 0 saturated heterocycles. The minimum Gasteiger partial charge on any atom is -0.272 e. The van der Waals surface area contributed by atoms with Crippen molar-refractivity contribution in [3.8, 4) is 0 Å². The lowest BCUT2D eigenvalue weighted by Crippen LogP contribution is -2.27. The molecule has 10 heteroatoms. The fourth-order valence-electron chi connectivity index (χ4n) is 2.16. The molecule has 0 atom stereocenters. The van der Waals surface area contributed by atoms with Crippen LogP contribution in [0.15, 0.2) is 69.5 Å². The van der Waals surface area contributed by atoms with Crippen molar-refractivity contribution >= 4 is 40.9 Å². The molecule has 0 fully saturated rings. The number of benzene rings is 2. The second kappa shape index (κ2) is 8.98. The number of hydrazone groups is 1. The smallest absolute Gasteiger partial charge is 0.272 e. The van der Waals surface area contributed by atoms with E-state index in [1.54, 1.807) is 24.3 Å². The molecule has 0 saturated carbocycles. The highest BCUT2D eigenvalue weighted by atomic mass is 32.2. The van der Waals surface area contributed by atoms with E-state index in [-0.39, 0.29) is 11.4 Å². The summed E-state index contributed by atoms with van der Waals surface area (Å²) in [5.74, 6) is -0.524. The van der Waals surface area contributed by atoms with Crippen LogP contribution in [0.2, 0.25) is 0 Å². The van der Waals surface area contributed by atoms with E-state index in [1.807, 2.05) is 6.07 Å². The number of hydrogen-bond donors (Lipinski definition) is 0. The van der Waals surface area contributed by atoms with E-state index in [1.165, 1.54) is 35.2 Å². The summed E-state index contributed by atoms with van der Waals surface area (Å²) in [5, 5.41) is 12.6. The van der Waals surface area contributed by atoms with Gasteiger partial charge in [0.05, 0.1) is 23.2 Å². The number of hydrogen-bond acceptors (Lipinski definition) is 6. The van der Waals surface area contributed by atoms with Crippen molar-refractivity contribution in [1.29, 1.82) is 0 Å². The highest BCUT2D eigenvalue weighted by Crippen LogP contribution is 2.32. The Kier molecular flexibility index (Phi) is 6.42. The van der Waals surface area contributed by atoms with E-state index in [2.05, 4.69) is 15.3 Å². The fraction of sp³-hybridized carbons (Fsp3) is 0.111. The van der Waals surface area contributed by atoms with Gasteiger partial charge < -0.3 is 0 Å². The fourth-order valence-corrected chi connectivity index (χ4v) is 3.49. The summed E-state index contributed by atoms with van der Waals surface area (Å²) in [4.78, 5) is 12.7. The van der Waals surface area contributed by atoms with Crippen LogP contribution >= 0.6 is 23.1 Å². The molecule has 0 N–H and O–H groups in total. The minimum absolute atomic E-state index is 0.0323. The Bertz CT molecular complexity index is 947. The topological polar surface area (TPSA) is 58.5 Å². The zero-order valence-corrected chi connectivity index (χ0v) is 15.8. The van der Waals surface area contributed by atoms with Crippen molar-refractivity contribution < 1.29 is 18.0 Å². The van der Waals surface area contributed by atoms with Gasteiger partial charge in [0.15, 0.2) is 4.34 Å². The Balaban J connectivity index is 1.87. The van der Waals surface area contributed by atoms with Crippen LogP contribution in [-0.4, -0.2) is 28.1 Å². The average molecular weight is 422 g/mol. The highest BCUT2D eigenvalue weighted by Gasteiger charge is 2.31. The van der Waals surface area contributed by atoms with Crippen LogP contribution < -0.4 is 5.01 Å². The summed E-state index contributed by atoms with van der Waals surface area (Å²) in [5.41, 5.74) is 1.42. The first-order chi connectivity index (χ1) is 13.4. The normalized spacial score (nSPS) is 11.7. The van der Waals surface area contributed by atoms with Gasteiger partial charge in [-0.2, -0.15) is 18.3 Å². The van der Waals surface area contributed by atoms with Crippen LogP contribution in [0.1, 0.15) is 11.1 Å². The molecule has 3 rings (SSSR count). The number of rotatable bonds is 6. The van der Waals surface area contributed by atoms with Crippen molar-refractivity contribution in [2.75, 3.05) is 10.8 Å². The van der Waals surface area contributed by atoms with Crippen molar-refractivity contribution in [1.82, 2.24) is 10.2 Å². The largest absolute Gasteiger partial charge is 0.416 e. The van der Waals surface area contributed by atoms with Gasteiger partial charge in [0.25, 0.3) is 5.91 Å². The standard InChI is InChI=1S/C18H13F3N4OS2/c19-18(20,21)14-7-4-8-15(9-14)25(23-10-13-5-2-1-3-6-13)16(26)11-27-17-24-22-12-28-17/h1-10,12H,11H2/b23-10+. The maximum atomic E-state index is 13.1. The number of nitrogens with zero attached hydrogens (tertiary/aromatic N) is 4. The SMILES string of the molecule is O=C(CSc1nncs1)N(/N=C/c1ccccc1)c1cccc(C(F)(F)F)c1. The Morgan fingerprint density at radius 2 is 1.96 bits per heavy atom. The number of amides is 1. The average Bonchev–Trinajstić information content (AvgIpc) is 3.20. The third kappa shape index (κ3) is 5.40. The molecule has 3 aromatic rings. The lowest BCUT2D eigenvalue weighted by Gasteiger charge is -2.18. The minimum atomic E-state index is -4.52. The first-order valence-electron chi connectivity index (χ1n) is 7.92. The maximum absolute atomic E-state index is 13.1. The van der Waals surface area contributed by atoms with Gasteiger partial charge in [0.2, 0.25) is 0 Å². The molecule has 0 unspecified atom stereocenters. The van der Waals surface area contributed by atoms with Crippen LogP contribution in [0.3, 0.4) is 0 Å². The molecule has 1 amide bonds. The lowest BCUT2D eigenvalue weighted by atomic mass is 10.2. The Morgan fingerprint density at radius 1 is 1.18 bits per heavy atom. The van der Waals surface area contributed by atoms with Crippen LogP contribution in [0.5, 0.6) is 0 Å². The Hall–Kier alpha value is -2.72. The van der Waals surface area contributed by atoms with Gasteiger partial charge >= 0.3 is 6.18 Å². The first-order valence-corrected chi connectivity index (χ1v) is 9.78. The number of anilines is 1. The van der Waals surface area contributed by atoms with E-state index in [0.717, 1.165) is 28.9 Å². The molecule has 0 bridgehead atoms. The van der Waals surface area contributed by atoms with Crippen LogP contribution in [-0.2, 0) is 11.0 Å². The second-order valence-electron chi connectivity index (χ2n) is 5.40. The van der Waals surface area contributed by atoms with Crippen molar-refractivity contribution in [3.63, 3.8) is 0 Å². The molecule has 144 valence electrons. The predicted octanol–water partition coefficient (Wildman–Crippen LogP) is 4.72. The van der Waals surface area contributed by atoms with Gasteiger partial charge in [-0.05, 0) is 23.8 Å². The molecule has 0 aliphatic rings.